The van der Waals surface area contributed by atoms with Crippen LogP contribution >= 0.6 is 38.9 Å². The molecule has 0 bridgehead atoms. The Kier molecular flexibility index (Phi) is 24.6. The molecule has 6 aromatic carbocycles. The van der Waals surface area contributed by atoms with Crippen LogP contribution in [0, 0.1) is 6.92 Å². The molecule has 10 aromatic rings. The van der Waals surface area contributed by atoms with Crippen molar-refractivity contribution in [3.63, 3.8) is 0 Å². The molecule has 518 valence electrons. The number of aliphatic carboxylic acids is 1. The standard InChI is InChI=1S/C24H25N3O5S.C23H22N4O4S.C21H20N2O5S.Cl3OP/c1-17(28)26-13-22(29)12-21-16-32-15-20-7-3-2-6-19(20)14-27(21)33(30,31)23-10-4-8-18-9-5-11-25-24(18)23;1-16-25-26-22(31-16)12-20-15-30-14-19-7-3-2-6-18(19)13-27(20)32(28,29)21-10-4-8-17-9-5-11-24-23(17)21;24-20(25)11-18-14-28-13-17-6-2-1-5-16(17)12-23(18)29(26,27)19-9-3-7-15-8-4-10-22-21(15)19;1-5(2,3)4/h2-11,21H,12-16H2,1H3,(H,26,28);2-11,20H,12-15H2,1H3;1-10,18H,11-14H2,(H,24,25);/t21-;20-;18-;/m111./s1. The molecular weight excluding hydrogens is 1420 g/mol. The summed E-state index contributed by atoms with van der Waals surface area (Å²) in [6.45, 7) is 4.57. The Balaban J connectivity index is 0.000000155. The number of ketones is 1. The second-order valence-corrected chi connectivity index (χ2v) is 35.2. The maximum atomic E-state index is 14.0. The van der Waals surface area contributed by atoms with E-state index in [1.165, 1.54) is 32.0 Å². The van der Waals surface area contributed by atoms with E-state index >= 15 is 0 Å². The van der Waals surface area contributed by atoms with Crippen LogP contribution in [0.4, 0.5) is 0 Å². The lowest BCUT2D eigenvalue weighted by Crippen LogP contribution is -2.45. The fraction of sp³-hybridized carbons (Fsp3) is 0.265. The number of carboxylic acid groups (broad SMARTS) is 1. The maximum absolute atomic E-state index is 14.0. The topological polar surface area (TPSA) is 318 Å². The Morgan fingerprint density at radius 2 is 0.848 bits per heavy atom. The molecule has 0 saturated heterocycles. The molecule has 0 spiro atoms. The van der Waals surface area contributed by atoms with E-state index in [0.29, 0.717) is 58.9 Å². The highest BCUT2D eigenvalue weighted by Gasteiger charge is 2.39. The molecule has 0 radical (unpaired) electrons. The number of carboxylic acids is 1. The van der Waals surface area contributed by atoms with Crippen molar-refractivity contribution < 1.29 is 67.9 Å². The quantitative estimate of drug-likeness (QED) is 0.0955. The summed E-state index contributed by atoms with van der Waals surface area (Å²) in [7, 11) is -12.0. The minimum absolute atomic E-state index is 0.00193. The number of nitrogens with one attached hydrogen (secondary N) is 1. The van der Waals surface area contributed by atoms with Gasteiger partial charge in [0.1, 0.15) is 14.7 Å². The predicted molar refractivity (Wildman–Crippen MR) is 372 cm³/mol. The van der Waals surface area contributed by atoms with Crippen LogP contribution in [0.3, 0.4) is 0 Å². The van der Waals surface area contributed by atoms with E-state index in [-0.39, 0.29) is 91.6 Å². The second-order valence-electron chi connectivity index (χ2n) is 23.0. The van der Waals surface area contributed by atoms with Crippen LogP contribution in [0.25, 0.3) is 32.7 Å². The van der Waals surface area contributed by atoms with Crippen LogP contribution in [-0.2, 0) is 109 Å². The molecule has 0 aliphatic carbocycles. The largest absolute Gasteiger partial charge is 0.481 e. The van der Waals surface area contributed by atoms with Gasteiger partial charge in [0.25, 0.3) is 0 Å². The van der Waals surface area contributed by atoms with Gasteiger partial charge >= 0.3 is 11.2 Å². The molecule has 0 saturated carbocycles. The van der Waals surface area contributed by atoms with Crippen LogP contribution in [0.5, 0.6) is 0 Å². The van der Waals surface area contributed by atoms with Crippen molar-refractivity contribution in [1.82, 2.24) is 43.4 Å². The number of halogens is 3. The molecule has 4 aromatic heterocycles. The predicted octanol–water partition coefficient (Wildman–Crippen LogP) is 11.3. The van der Waals surface area contributed by atoms with E-state index in [1.54, 1.807) is 80.1 Å². The normalized spacial score (nSPS) is 17.2. The van der Waals surface area contributed by atoms with Gasteiger partial charge in [0, 0.05) is 81.1 Å². The number of ether oxygens (including phenoxy) is 3. The molecule has 99 heavy (non-hydrogen) atoms. The lowest BCUT2D eigenvalue weighted by atomic mass is 10.1. The molecule has 24 nitrogen and oxygen atoms in total. The lowest BCUT2D eigenvalue weighted by Gasteiger charge is -2.33. The van der Waals surface area contributed by atoms with E-state index < -0.39 is 59.4 Å². The maximum Gasteiger partial charge on any atom is 0.339 e. The Bertz CT molecular complexity index is 4960. The van der Waals surface area contributed by atoms with E-state index in [2.05, 4.69) is 64.2 Å². The highest BCUT2D eigenvalue weighted by molar-refractivity contribution is 8.24. The smallest absolute Gasteiger partial charge is 0.339 e. The average molecular weight is 1480 g/mol. The third-order valence-corrected chi connectivity index (χ3v) is 22.0. The van der Waals surface area contributed by atoms with Gasteiger partial charge in [-0.1, -0.05) is 127 Å². The zero-order valence-corrected chi connectivity index (χ0v) is 58.9. The monoisotopic (exact) mass is 1480 g/mol. The fourth-order valence-electron chi connectivity index (χ4n) is 11.6. The zero-order chi connectivity index (χ0) is 70.5. The summed E-state index contributed by atoms with van der Waals surface area (Å²) in [5, 5.41) is 18.7. The van der Waals surface area contributed by atoms with Crippen LogP contribution in [-0.4, -0.2) is 131 Å². The second kappa shape index (κ2) is 33.0. The molecule has 3 aliphatic heterocycles. The minimum Gasteiger partial charge on any atom is -0.481 e. The van der Waals surface area contributed by atoms with Gasteiger partial charge in [-0.05, 0) is 104 Å². The summed E-state index contributed by atoms with van der Waals surface area (Å²) >= 11 is 13.8. The number of Topliss-reactive ketones (excluding diaryl/α,β-unsaturated/α-hetero) is 1. The molecule has 2 N–H and O–H groups in total. The number of rotatable bonds is 14. The van der Waals surface area contributed by atoms with Gasteiger partial charge in [-0.3, -0.25) is 33.9 Å². The Morgan fingerprint density at radius 3 is 1.20 bits per heavy atom. The first-order valence-electron chi connectivity index (χ1n) is 30.8. The van der Waals surface area contributed by atoms with Crippen LogP contribution in [0.1, 0.15) is 64.9 Å². The first kappa shape index (κ1) is 73.7. The van der Waals surface area contributed by atoms with E-state index in [1.807, 2.05) is 97.1 Å². The number of hydrogen-bond acceptors (Lipinski definition) is 19. The highest BCUT2D eigenvalue weighted by atomic mass is 36.0. The summed E-state index contributed by atoms with van der Waals surface area (Å²) in [5.74, 6) is -0.865. The van der Waals surface area contributed by atoms with Gasteiger partial charge in [-0.15, -0.1) is 10.2 Å². The third kappa shape index (κ3) is 18.9. The lowest BCUT2D eigenvalue weighted by molar-refractivity contribution is -0.138. The van der Waals surface area contributed by atoms with Crippen LogP contribution in [0.2, 0.25) is 0 Å². The SMILES string of the molecule is CC(=O)NCC(=O)C[C@@H]1COCc2ccccc2CN1S(=O)(=O)c1cccc2cccnc12.Cc1nnc(C[C@@H]2COCc3ccccc3CN2S(=O)(=O)c2cccc3cccnc23)o1.O=C(O)C[C@@H]1COCc2ccccc2CN1S(=O)(=O)c1cccc2cccnc12.O=P(Cl)(Cl)Cl. The summed E-state index contributed by atoms with van der Waals surface area (Å²) < 4.78 is 120. The van der Waals surface area contributed by atoms with Gasteiger partial charge in [-0.25, -0.2) is 25.3 Å². The van der Waals surface area contributed by atoms with Crippen LogP contribution in [0.15, 0.2) is 201 Å². The molecule has 0 fully saturated rings. The molecule has 3 atom stereocenters. The van der Waals surface area contributed by atoms with Crippen molar-refractivity contribution >= 4 is 119 Å². The Labute approximate surface area is 586 Å². The minimum atomic E-state index is -4.05. The summed E-state index contributed by atoms with van der Waals surface area (Å²) in [6.07, 6.45) is 4.52. The number of carbonyl (C=O) groups is 3. The van der Waals surface area contributed by atoms with Gasteiger partial charge in [0.2, 0.25) is 47.8 Å². The first-order chi connectivity index (χ1) is 47.3. The number of aryl methyl sites for hydroxylation is 1. The Hall–Kier alpha value is -7.99. The van der Waals surface area contributed by atoms with Crippen molar-refractivity contribution in [3.8, 4) is 0 Å². The molecule has 7 heterocycles. The fourth-order valence-corrected chi connectivity index (χ4v) is 16.8. The van der Waals surface area contributed by atoms with Crippen LogP contribution < -0.4 is 5.32 Å². The zero-order valence-electron chi connectivity index (χ0n) is 53.3. The molecule has 13 rings (SSSR count). The van der Waals surface area contributed by atoms with Crippen molar-refractivity contribution in [2.24, 2.45) is 0 Å². The van der Waals surface area contributed by atoms with Gasteiger partial charge in [0.15, 0.2) is 5.78 Å². The molecule has 1 amide bonds. The Morgan fingerprint density at radius 1 is 0.505 bits per heavy atom. The summed E-state index contributed by atoms with van der Waals surface area (Å²) in [6, 6.07) is 46.5. The van der Waals surface area contributed by atoms with Gasteiger partial charge in [-0.2, -0.15) is 12.9 Å². The number of nitrogens with zero attached hydrogens (tertiary/aromatic N) is 8. The number of aromatic nitrogens is 5. The van der Waals surface area contributed by atoms with Crippen molar-refractivity contribution in [2.75, 3.05) is 26.4 Å². The summed E-state index contributed by atoms with van der Waals surface area (Å²) in [5.41, 5.74) is 6.44. The van der Waals surface area contributed by atoms with E-state index in [4.69, 9.17) is 18.6 Å². The molecule has 0 unspecified atom stereocenters. The van der Waals surface area contributed by atoms with Gasteiger partial charge < -0.3 is 29.1 Å². The van der Waals surface area contributed by atoms with E-state index in [9.17, 15) is 49.3 Å². The number of pyridine rings is 3. The average Bonchev–Trinajstić information content (AvgIpc) is 0.836. The molecule has 3 aliphatic rings. The number of para-hydroxylation sites is 3. The number of benzene rings is 6. The number of hydrogen-bond donors (Lipinski definition) is 2. The van der Waals surface area contributed by atoms with E-state index in [0.717, 1.165) is 38.8 Å². The number of carbonyl (C=O) groups excluding carboxylic acids is 2. The number of fused-ring (bicyclic) bond motifs is 6. The van der Waals surface area contributed by atoms with Crippen molar-refractivity contribution in [3.05, 3.63) is 228 Å². The number of amides is 1. The molecular formula is C68H67Cl3N9O15PS3. The van der Waals surface area contributed by atoms with Gasteiger partial charge in [0.05, 0.1) is 87.3 Å². The third-order valence-electron chi connectivity index (χ3n) is 16.2. The molecule has 31 heteroatoms. The number of sulfonamides is 3. The highest BCUT2D eigenvalue weighted by Crippen LogP contribution is 2.61. The van der Waals surface area contributed by atoms with Crippen molar-refractivity contribution in [1.29, 1.82) is 0 Å². The summed E-state index contributed by atoms with van der Waals surface area (Å²) in [4.78, 5) is 48.5. The van der Waals surface area contributed by atoms with Crippen molar-refractivity contribution in [2.45, 2.75) is 105 Å². The first-order valence-corrected chi connectivity index (χ1v) is 39.6.